The Labute approximate surface area is 129 Å². The third kappa shape index (κ3) is 2.02. The molecule has 0 atom stereocenters. The zero-order valence-electron chi connectivity index (χ0n) is 12.1. The van der Waals surface area contributed by atoms with Gasteiger partial charge in [-0.25, -0.2) is 13.8 Å². The van der Waals surface area contributed by atoms with Crippen molar-refractivity contribution < 1.29 is 13.2 Å². The highest BCUT2D eigenvalue weighted by Crippen LogP contribution is 2.36. The van der Waals surface area contributed by atoms with Crippen molar-refractivity contribution in [3.05, 3.63) is 36.0 Å². The summed E-state index contributed by atoms with van der Waals surface area (Å²) in [7, 11) is 0. The van der Waals surface area contributed by atoms with E-state index in [0.29, 0.717) is 18.9 Å². The molecule has 1 saturated heterocycles. The number of anilines is 2. The molecule has 1 aromatic carbocycles. The molecule has 3 heterocycles. The summed E-state index contributed by atoms with van der Waals surface area (Å²) in [5, 5.41) is 3.15. The second kappa shape index (κ2) is 4.88. The number of rotatable bonds is 1. The Bertz CT molecular complexity index is 952. The molecule has 0 bridgehead atoms. The maximum Gasteiger partial charge on any atom is 0.222 e. The topological polar surface area (TPSA) is 80.2 Å². The van der Waals surface area contributed by atoms with Crippen LogP contribution in [0.5, 0.6) is 0 Å². The Hall–Kier alpha value is -2.74. The van der Waals surface area contributed by atoms with E-state index in [4.69, 9.17) is 10.2 Å². The third-order valence-electron chi connectivity index (χ3n) is 3.85. The van der Waals surface area contributed by atoms with Crippen LogP contribution < -0.4 is 16.0 Å². The summed E-state index contributed by atoms with van der Waals surface area (Å²) in [5.41, 5.74) is 7.16. The van der Waals surface area contributed by atoms with Crippen LogP contribution in [0.1, 0.15) is 0 Å². The molecular weight excluding hydrogens is 304 g/mol. The van der Waals surface area contributed by atoms with Crippen molar-refractivity contribution in [1.29, 1.82) is 0 Å². The van der Waals surface area contributed by atoms with Crippen molar-refractivity contribution in [2.45, 2.75) is 0 Å². The Morgan fingerprint density at radius 1 is 1.30 bits per heavy atom. The fourth-order valence-corrected chi connectivity index (χ4v) is 2.78. The number of halogens is 2. The molecule has 0 aliphatic carbocycles. The number of furan rings is 1. The zero-order chi connectivity index (χ0) is 16.1. The van der Waals surface area contributed by atoms with Gasteiger partial charge in [0.15, 0.2) is 23.0 Å². The Morgan fingerprint density at radius 2 is 2.13 bits per heavy atom. The minimum atomic E-state index is -1.01. The standard InChI is InChI=1S/C15H13F2N5O/c1-7-6-19-4-5-22(7)14-13-12(20-15(18)21-14)10-9(23-13)3-2-8(16)11(10)17/h2-3,19H,1,4-6H2,(H2,18,20,21). The fraction of sp³-hybridized carbons (Fsp3) is 0.200. The maximum atomic E-state index is 14.2. The van der Waals surface area contributed by atoms with Gasteiger partial charge in [0.1, 0.15) is 11.1 Å². The summed E-state index contributed by atoms with van der Waals surface area (Å²) in [6, 6.07) is 2.38. The second-order valence-electron chi connectivity index (χ2n) is 5.31. The number of fused-ring (bicyclic) bond motifs is 3. The Kier molecular flexibility index (Phi) is 2.95. The van der Waals surface area contributed by atoms with E-state index in [9.17, 15) is 8.78 Å². The second-order valence-corrected chi connectivity index (χ2v) is 5.31. The highest BCUT2D eigenvalue weighted by molar-refractivity contribution is 6.06. The van der Waals surface area contributed by atoms with Gasteiger partial charge in [-0.15, -0.1) is 0 Å². The van der Waals surface area contributed by atoms with E-state index in [1.807, 2.05) is 4.90 Å². The first-order chi connectivity index (χ1) is 11.1. The normalized spacial score (nSPS) is 15.7. The third-order valence-corrected chi connectivity index (χ3v) is 3.85. The van der Waals surface area contributed by atoms with Crippen molar-refractivity contribution in [3.63, 3.8) is 0 Å². The van der Waals surface area contributed by atoms with Crippen LogP contribution in [0.3, 0.4) is 0 Å². The van der Waals surface area contributed by atoms with Gasteiger partial charge in [-0.1, -0.05) is 6.58 Å². The van der Waals surface area contributed by atoms with Gasteiger partial charge in [-0.3, -0.25) is 0 Å². The highest BCUT2D eigenvalue weighted by Gasteiger charge is 2.25. The minimum absolute atomic E-state index is 0.0314. The van der Waals surface area contributed by atoms with Crippen molar-refractivity contribution in [2.75, 3.05) is 30.3 Å². The van der Waals surface area contributed by atoms with Crippen LogP contribution >= 0.6 is 0 Å². The van der Waals surface area contributed by atoms with Crippen molar-refractivity contribution in [3.8, 4) is 0 Å². The lowest BCUT2D eigenvalue weighted by Crippen LogP contribution is -2.41. The Morgan fingerprint density at radius 3 is 2.91 bits per heavy atom. The van der Waals surface area contributed by atoms with E-state index in [1.54, 1.807) is 0 Å². The van der Waals surface area contributed by atoms with Gasteiger partial charge >= 0.3 is 0 Å². The first-order valence-electron chi connectivity index (χ1n) is 7.06. The molecule has 3 N–H and O–H groups in total. The summed E-state index contributed by atoms with van der Waals surface area (Å²) in [4.78, 5) is 10.1. The molecule has 2 aromatic heterocycles. The summed E-state index contributed by atoms with van der Waals surface area (Å²) in [5.74, 6) is -1.60. The molecular formula is C15H13F2N5O. The molecule has 1 aliphatic rings. The summed E-state index contributed by atoms with van der Waals surface area (Å²) in [6.45, 7) is 5.91. The lowest BCUT2D eigenvalue weighted by atomic mass is 10.2. The van der Waals surface area contributed by atoms with Gasteiger partial charge < -0.3 is 20.4 Å². The van der Waals surface area contributed by atoms with E-state index in [-0.39, 0.29) is 28.0 Å². The average molecular weight is 317 g/mol. The lowest BCUT2D eigenvalue weighted by molar-refractivity contribution is 0.516. The van der Waals surface area contributed by atoms with Crippen LogP contribution in [0.4, 0.5) is 20.5 Å². The van der Waals surface area contributed by atoms with E-state index in [2.05, 4.69) is 21.9 Å². The summed E-state index contributed by atoms with van der Waals surface area (Å²) in [6.07, 6.45) is 0. The van der Waals surface area contributed by atoms with Crippen LogP contribution in [-0.2, 0) is 0 Å². The van der Waals surface area contributed by atoms with Crippen LogP contribution in [-0.4, -0.2) is 29.6 Å². The number of nitrogen functional groups attached to an aromatic ring is 1. The molecule has 0 amide bonds. The maximum absolute atomic E-state index is 14.2. The molecule has 8 heteroatoms. The molecule has 1 aliphatic heterocycles. The monoisotopic (exact) mass is 317 g/mol. The van der Waals surface area contributed by atoms with Gasteiger partial charge in [0.05, 0.1) is 5.39 Å². The minimum Gasteiger partial charge on any atom is -0.450 e. The molecule has 0 radical (unpaired) electrons. The van der Waals surface area contributed by atoms with Crippen LogP contribution in [0.25, 0.3) is 22.1 Å². The van der Waals surface area contributed by atoms with E-state index < -0.39 is 11.6 Å². The Balaban J connectivity index is 2.05. The van der Waals surface area contributed by atoms with Gasteiger partial charge in [-0.2, -0.15) is 4.98 Å². The highest BCUT2D eigenvalue weighted by atomic mass is 19.2. The summed E-state index contributed by atoms with van der Waals surface area (Å²) >= 11 is 0. The number of benzene rings is 1. The van der Waals surface area contributed by atoms with Gasteiger partial charge in [-0.05, 0) is 12.1 Å². The van der Waals surface area contributed by atoms with Crippen molar-refractivity contribution >= 4 is 33.8 Å². The van der Waals surface area contributed by atoms with Gasteiger partial charge in [0.25, 0.3) is 0 Å². The molecule has 0 unspecified atom stereocenters. The van der Waals surface area contributed by atoms with Gasteiger partial charge in [0.2, 0.25) is 5.95 Å². The number of nitrogens with one attached hydrogen (secondary N) is 1. The van der Waals surface area contributed by atoms with Crippen molar-refractivity contribution in [2.24, 2.45) is 0 Å². The van der Waals surface area contributed by atoms with E-state index in [0.717, 1.165) is 18.3 Å². The first kappa shape index (κ1) is 13.9. The van der Waals surface area contributed by atoms with Gasteiger partial charge in [0, 0.05) is 25.3 Å². The quantitative estimate of drug-likeness (QED) is 0.716. The predicted molar refractivity (Wildman–Crippen MR) is 83.0 cm³/mol. The number of hydrogen-bond donors (Lipinski definition) is 2. The smallest absolute Gasteiger partial charge is 0.222 e. The van der Waals surface area contributed by atoms with E-state index in [1.165, 1.54) is 6.07 Å². The molecule has 4 rings (SSSR count). The number of nitrogens with two attached hydrogens (primary N) is 1. The van der Waals surface area contributed by atoms with Crippen LogP contribution in [0.2, 0.25) is 0 Å². The number of hydrogen-bond acceptors (Lipinski definition) is 6. The SMILES string of the molecule is C=C1CNCCN1c1nc(N)nc2c1oc1ccc(F)c(F)c12. The molecule has 118 valence electrons. The number of aromatic nitrogens is 2. The first-order valence-corrected chi connectivity index (χ1v) is 7.06. The molecule has 0 spiro atoms. The molecule has 3 aromatic rings. The molecule has 1 fully saturated rings. The molecule has 23 heavy (non-hydrogen) atoms. The zero-order valence-corrected chi connectivity index (χ0v) is 12.1. The average Bonchev–Trinajstić information content (AvgIpc) is 2.90. The largest absolute Gasteiger partial charge is 0.450 e. The van der Waals surface area contributed by atoms with Crippen molar-refractivity contribution in [1.82, 2.24) is 15.3 Å². The van der Waals surface area contributed by atoms with Crippen LogP contribution in [0.15, 0.2) is 28.8 Å². The lowest BCUT2D eigenvalue weighted by Gasteiger charge is -2.30. The number of nitrogens with zero attached hydrogens (tertiary/aromatic N) is 3. The fourth-order valence-electron chi connectivity index (χ4n) is 2.78. The molecule has 6 nitrogen and oxygen atoms in total. The molecule has 0 saturated carbocycles. The summed E-state index contributed by atoms with van der Waals surface area (Å²) < 4.78 is 33.4. The van der Waals surface area contributed by atoms with Crippen LogP contribution in [0, 0.1) is 11.6 Å². The van der Waals surface area contributed by atoms with E-state index >= 15 is 0 Å². The predicted octanol–water partition coefficient (Wildman–Crippen LogP) is 2.16. The number of piperazine rings is 1.